The molecule has 0 saturated heterocycles. The third kappa shape index (κ3) is 5.94. The van der Waals surface area contributed by atoms with Crippen LogP contribution in [0.3, 0.4) is 0 Å². The summed E-state index contributed by atoms with van der Waals surface area (Å²) in [6.45, 7) is 0. The van der Waals surface area contributed by atoms with Gasteiger partial charge < -0.3 is 0 Å². The van der Waals surface area contributed by atoms with Gasteiger partial charge in [-0.1, -0.05) is 109 Å². The Balaban J connectivity index is 1.78. The number of hydrogen-bond acceptors (Lipinski definition) is 1. The first-order valence-electron chi connectivity index (χ1n) is 12.7. The van der Waals surface area contributed by atoms with E-state index in [0.717, 1.165) is 24.3 Å². The summed E-state index contributed by atoms with van der Waals surface area (Å²) in [4.78, 5) is 14.7. The average molecular weight is 561 g/mol. The number of ketones is 1. The second-order valence-corrected chi connectivity index (χ2v) is 9.50. The third-order valence-corrected chi connectivity index (χ3v) is 6.84. The number of rotatable bonds is 6. The zero-order chi connectivity index (χ0) is 29.2. The van der Waals surface area contributed by atoms with Gasteiger partial charge in [-0.25, -0.2) is 0 Å². The monoisotopic (exact) mass is 560 g/mol. The maximum Gasteiger partial charge on any atom is 0.416 e. The van der Waals surface area contributed by atoms with E-state index in [-0.39, 0.29) is 22.3 Å². The van der Waals surface area contributed by atoms with Gasteiger partial charge >= 0.3 is 12.4 Å². The van der Waals surface area contributed by atoms with Crippen molar-refractivity contribution >= 4 is 5.78 Å². The zero-order valence-corrected chi connectivity index (χ0v) is 21.4. The molecule has 5 rings (SSSR count). The van der Waals surface area contributed by atoms with Crippen LogP contribution >= 0.6 is 0 Å². The minimum absolute atomic E-state index is 0.115. The van der Waals surface area contributed by atoms with Gasteiger partial charge in [-0.2, -0.15) is 26.3 Å². The Morgan fingerprint density at radius 1 is 0.488 bits per heavy atom. The summed E-state index contributed by atoms with van der Waals surface area (Å²) in [6.07, 6.45) is -9.24. The summed E-state index contributed by atoms with van der Waals surface area (Å²) in [5, 5.41) is 0. The van der Waals surface area contributed by atoms with E-state index in [2.05, 4.69) is 0 Å². The SMILES string of the molecule is O=C(c1c(-c2ccccc2)cccc1-c1cccc(C(F)(F)F)c1)C(c1ccccc1)c1cccc(C(F)(F)F)c1. The maximum atomic E-state index is 14.7. The van der Waals surface area contributed by atoms with E-state index in [1.54, 1.807) is 78.9 Å². The third-order valence-electron chi connectivity index (χ3n) is 6.84. The van der Waals surface area contributed by atoms with Crippen LogP contribution in [-0.2, 0) is 12.4 Å². The predicted octanol–water partition coefficient (Wildman–Crippen LogP) is 10.1. The van der Waals surface area contributed by atoms with Crippen molar-refractivity contribution in [2.24, 2.45) is 0 Å². The van der Waals surface area contributed by atoms with Gasteiger partial charge in [0.15, 0.2) is 5.78 Å². The van der Waals surface area contributed by atoms with Gasteiger partial charge in [-0.15, -0.1) is 0 Å². The Hall–Kier alpha value is -4.65. The highest BCUT2D eigenvalue weighted by Gasteiger charge is 2.34. The van der Waals surface area contributed by atoms with Crippen LogP contribution in [0.15, 0.2) is 127 Å². The first-order valence-corrected chi connectivity index (χ1v) is 12.7. The number of carbonyl (C=O) groups is 1. The highest BCUT2D eigenvalue weighted by Crippen LogP contribution is 2.41. The van der Waals surface area contributed by atoms with Gasteiger partial charge in [-0.3, -0.25) is 4.79 Å². The van der Waals surface area contributed by atoms with E-state index in [9.17, 15) is 31.1 Å². The molecule has 0 fully saturated rings. The number of Topliss-reactive ketones (excluding diaryl/α,β-unsaturated/α-hetero) is 1. The fraction of sp³-hybridized carbons (Fsp3) is 0.0882. The molecule has 0 radical (unpaired) electrons. The first kappa shape index (κ1) is 27.9. The van der Waals surface area contributed by atoms with Crippen LogP contribution in [0.25, 0.3) is 22.3 Å². The molecule has 0 N–H and O–H groups in total. The molecule has 1 atom stereocenters. The van der Waals surface area contributed by atoms with Crippen molar-refractivity contribution in [2.45, 2.75) is 18.3 Å². The maximum absolute atomic E-state index is 14.7. The summed E-state index contributed by atoms with van der Waals surface area (Å²) in [5.74, 6) is -1.70. The summed E-state index contributed by atoms with van der Waals surface area (Å²) >= 11 is 0. The number of alkyl halides is 6. The van der Waals surface area contributed by atoms with Crippen LogP contribution < -0.4 is 0 Å². The molecule has 1 nitrogen and oxygen atoms in total. The normalized spacial score (nSPS) is 12.6. The molecule has 0 saturated carbocycles. The van der Waals surface area contributed by atoms with E-state index in [1.165, 1.54) is 24.3 Å². The molecule has 5 aromatic carbocycles. The van der Waals surface area contributed by atoms with Gasteiger partial charge in [-0.05, 0) is 51.6 Å². The second kappa shape index (κ2) is 11.1. The molecule has 0 aliphatic rings. The lowest BCUT2D eigenvalue weighted by Gasteiger charge is -2.23. The lowest BCUT2D eigenvalue weighted by molar-refractivity contribution is -0.138. The van der Waals surface area contributed by atoms with E-state index in [4.69, 9.17) is 0 Å². The Morgan fingerprint density at radius 2 is 0.951 bits per heavy atom. The van der Waals surface area contributed by atoms with Gasteiger partial charge in [0.05, 0.1) is 17.0 Å². The minimum atomic E-state index is -4.63. The topological polar surface area (TPSA) is 17.1 Å². The molecule has 0 bridgehead atoms. The van der Waals surface area contributed by atoms with Crippen LogP contribution in [0.2, 0.25) is 0 Å². The fourth-order valence-corrected chi connectivity index (χ4v) is 4.96. The quantitative estimate of drug-likeness (QED) is 0.149. The highest BCUT2D eigenvalue weighted by atomic mass is 19.4. The fourth-order valence-electron chi connectivity index (χ4n) is 4.96. The summed E-state index contributed by atoms with van der Waals surface area (Å²) < 4.78 is 82.0. The molecule has 0 aliphatic carbocycles. The van der Waals surface area contributed by atoms with Gasteiger partial charge in [0, 0.05) is 5.56 Å². The van der Waals surface area contributed by atoms with E-state index >= 15 is 0 Å². The second-order valence-electron chi connectivity index (χ2n) is 9.50. The number of halogens is 6. The molecule has 5 aromatic rings. The largest absolute Gasteiger partial charge is 0.416 e. The van der Waals surface area contributed by atoms with Gasteiger partial charge in [0.1, 0.15) is 0 Å². The summed E-state index contributed by atoms with van der Waals surface area (Å²) in [6, 6.07) is 31.4. The lowest BCUT2D eigenvalue weighted by Crippen LogP contribution is -2.18. The van der Waals surface area contributed by atoms with Crippen molar-refractivity contribution < 1.29 is 31.1 Å². The molecular formula is C34H22F6O. The molecule has 41 heavy (non-hydrogen) atoms. The van der Waals surface area contributed by atoms with E-state index in [1.807, 2.05) is 0 Å². The number of carbonyl (C=O) groups excluding carboxylic acids is 1. The Morgan fingerprint density at radius 3 is 1.56 bits per heavy atom. The van der Waals surface area contributed by atoms with Crippen molar-refractivity contribution in [3.05, 3.63) is 155 Å². The summed E-state index contributed by atoms with van der Waals surface area (Å²) in [7, 11) is 0. The molecule has 206 valence electrons. The Labute approximate surface area is 232 Å². The van der Waals surface area contributed by atoms with E-state index in [0.29, 0.717) is 16.7 Å². The van der Waals surface area contributed by atoms with Crippen molar-refractivity contribution in [2.75, 3.05) is 0 Å². The molecule has 0 heterocycles. The van der Waals surface area contributed by atoms with Crippen molar-refractivity contribution in [1.29, 1.82) is 0 Å². The standard InChI is InChI=1S/C34H22F6O/c35-33(36,37)26-16-7-14-24(20-26)29-19-9-18-28(22-10-3-1-4-11-22)31(29)32(41)30(23-12-5-2-6-13-23)25-15-8-17-27(21-25)34(38,39)40/h1-21,30H. The molecular weight excluding hydrogens is 538 g/mol. The van der Waals surface area contributed by atoms with E-state index < -0.39 is 35.2 Å². The molecule has 0 spiro atoms. The smallest absolute Gasteiger partial charge is 0.293 e. The molecule has 1 unspecified atom stereocenters. The number of benzene rings is 5. The first-order chi connectivity index (χ1) is 19.5. The molecule has 0 aromatic heterocycles. The Bertz CT molecular complexity index is 1670. The Kier molecular flexibility index (Phi) is 7.54. The summed E-state index contributed by atoms with van der Waals surface area (Å²) in [5.41, 5.74) is 0.410. The van der Waals surface area contributed by atoms with Crippen LogP contribution in [-0.4, -0.2) is 5.78 Å². The van der Waals surface area contributed by atoms with Crippen molar-refractivity contribution in [3.63, 3.8) is 0 Å². The molecule has 0 amide bonds. The van der Waals surface area contributed by atoms with Crippen molar-refractivity contribution in [3.8, 4) is 22.3 Å². The lowest BCUT2D eigenvalue weighted by atomic mass is 9.79. The van der Waals surface area contributed by atoms with Gasteiger partial charge in [0.25, 0.3) is 0 Å². The van der Waals surface area contributed by atoms with Crippen LogP contribution in [0.4, 0.5) is 26.3 Å². The van der Waals surface area contributed by atoms with Gasteiger partial charge in [0.2, 0.25) is 0 Å². The zero-order valence-electron chi connectivity index (χ0n) is 21.4. The number of hydrogen-bond donors (Lipinski definition) is 0. The highest BCUT2D eigenvalue weighted by molar-refractivity contribution is 6.12. The molecule has 0 aliphatic heterocycles. The van der Waals surface area contributed by atoms with Crippen LogP contribution in [0.5, 0.6) is 0 Å². The van der Waals surface area contributed by atoms with Crippen molar-refractivity contribution in [1.82, 2.24) is 0 Å². The van der Waals surface area contributed by atoms with Crippen LogP contribution in [0, 0.1) is 0 Å². The minimum Gasteiger partial charge on any atom is -0.293 e. The molecule has 7 heteroatoms. The average Bonchev–Trinajstić information content (AvgIpc) is 2.97. The van der Waals surface area contributed by atoms with Crippen LogP contribution in [0.1, 0.15) is 38.5 Å². The predicted molar refractivity (Wildman–Crippen MR) is 146 cm³/mol.